The second-order valence-corrected chi connectivity index (χ2v) is 5.29. The van der Waals surface area contributed by atoms with Gasteiger partial charge >= 0.3 is 11.9 Å². The molecule has 2 aromatic carbocycles. The third-order valence-electron chi connectivity index (χ3n) is 3.58. The Kier molecular flexibility index (Phi) is 6.96. The first kappa shape index (κ1) is 18.5. The number of rotatable bonds is 7. The predicted octanol–water partition coefficient (Wildman–Crippen LogP) is 3.86. The van der Waals surface area contributed by atoms with Crippen LogP contribution in [-0.4, -0.2) is 25.2 Å². The summed E-state index contributed by atoms with van der Waals surface area (Å²) >= 11 is 0. The van der Waals surface area contributed by atoms with E-state index in [1.165, 1.54) is 0 Å². The maximum Gasteiger partial charge on any atom is 0.324 e. The summed E-state index contributed by atoms with van der Waals surface area (Å²) in [6.07, 6.45) is 1.63. The first-order valence-electron chi connectivity index (χ1n) is 8.33. The van der Waals surface area contributed by atoms with Crippen LogP contribution in [0, 0.1) is 5.92 Å². The largest absolute Gasteiger partial charge is 0.465 e. The van der Waals surface area contributed by atoms with Gasteiger partial charge in [0.15, 0.2) is 5.92 Å². The molecule has 0 bridgehead atoms. The zero-order chi connectivity index (χ0) is 18.1. The Bertz CT molecular complexity index is 661. The van der Waals surface area contributed by atoms with Gasteiger partial charge in [0, 0.05) is 0 Å². The van der Waals surface area contributed by atoms with Crippen LogP contribution in [0.25, 0.3) is 5.57 Å². The molecule has 0 aliphatic rings. The molecule has 0 aliphatic carbocycles. The van der Waals surface area contributed by atoms with Crippen LogP contribution in [0.5, 0.6) is 0 Å². The van der Waals surface area contributed by atoms with E-state index in [1.54, 1.807) is 19.9 Å². The fourth-order valence-corrected chi connectivity index (χ4v) is 2.46. The number of carbonyl (C=O) groups is 2. The Morgan fingerprint density at radius 3 is 1.56 bits per heavy atom. The smallest absolute Gasteiger partial charge is 0.324 e. The Labute approximate surface area is 148 Å². The van der Waals surface area contributed by atoms with Gasteiger partial charge in [-0.2, -0.15) is 0 Å². The van der Waals surface area contributed by atoms with Gasteiger partial charge < -0.3 is 9.47 Å². The summed E-state index contributed by atoms with van der Waals surface area (Å²) in [5.41, 5.74) is 2.60. The fourth-order valence-electron chi connectivity index (χ4n) is 2.46. The Morgan fingerprint density at radius 2 is 1.20 bits per heavy atom. The van der Waals surface area contributed by atoms with Crippen LogP contribution in [-0.2, 0) is 19.1 Å². The maximum absolute atomic E-state index is 12.3. The number of benzene rings is 2. The summed E-state index contributed by atoms with van der Waals surface area (Å²) in [4.78, 5) is 24.6. The minimum Gasteiger partial charge on any atom is -0.465 e. The average molecular weight is 338 g/mol. The quantitative estimate of drug-likeness (QED) is 0.568. The van der Waals surface area contributed by atoms with Crippen molar-refractivity contribution >= 4 is 17.5 Å². The molecule has 0 heterocycles. The second-order valence-electron chi connectivity index (χ2n) is 5.29. The Hall–Kier alpha value is -2.88. The van der Waals surface area contributed by atoms with E-state index < -0.39 is 17.9 Å². The summed E-state index contributed by atoms with van der Waals surface area (Å²) in [7, 11) is 0. The molecule has 0 fully saturated rings. The number of hydrogen-bond donors (Lipinski definition) is 0. The summed E-state index contributed by atoms with van der Waals surface area (Å²) in [6.45, 7) is 3.82. The van der Waals surface area contributed by atoms with Crippen molar-refractivity contribution in [2.24, 2.45) is 5.92 Å². The van der Waals surface area contributed by atoms with Crippen LogP contribution in [0.3, 0.4) is 0 Å². The molecule has 0 spiro atoms. The van der Waals surface area contributed by atoms with E-state index >= 15 is 0 Å². The van der Waals surface area contributed by atoms with Crippen LogP contribution >= 0.6 is 0 Å². The van der Waals surface area contributed by atoms with E-state index in [4.69, 9.17) is 9.47 Å². The molecule has 0 unspecified atom stereocenters. The lowest BCUT2D eigenvalue weighted by atomic mass is 9.94. The molecule has 2 rings (SSSR count). The van der Waals surface area contributed by atoms with Gasteiger partial charge in [-0.25, -0.2) is 0 Å². The molecule has 0 aliphatic heterocycles. The maximum atomic E-state index is 12.3. The molecule has 25 heavy (non-hydrogen) atoms. The standard InChI is InChI=1S/C21H22O4/c1-3-24-20(22)19(21(23)25-4-2)15-18(16-11-7-5-8-12-16)17-13-9-6-10-14-17/h5-15,19H,3-4H2,1-2H3. The van der Waals surface area contributed by atoms with Gasteiger partial charge in [0.2, 0.25) is 0 Å². The number of carbonyl (C=O) groups excluding carboxylic acids is 2. The summed E-state index contributed by atoms with van der Waals surface area (Å²) in [5, 5.41) is 0. The number of ether oxygens (including phenoxy) is 2. The fraction of sp³-hybridized carbons (Fsp3) is 0.238. The summed E-state index contributed by atoms with van der Waals surface area (Å²) < 4.78 is 10.1. The third kappa shape index (κ3) is 5.05. The molecule has 0 amide bonds. The van der Waals surface area contributed by atoms with Gasteiger partial charge in [0.25, 0.3) is 0 Å². The molecule has 130 valence electrons. The van der Waals surface area contributed by atoms with Gasteiger partial charge in [-0.05, 0) is 30.5 Å². The van der Waals surface area contributed by atoms with Crippen LogP contribution in [0.15, 0.2) is 66.7 Å². The molecule has 0 aromatic heterocycles. The average Bonchev–Trinajstić information content (AvgIpc) is 2.64. The Morgan fingerprint density at radius 1 is 0.800 bits per heavy atom. The zero-order valence-electron chi connectivity index (χ0n) is 14.5. The summed E-state index contributed by atoms with van der Waals surface area (Å²) in [6, 6.07) is 19.2. The van der Waals surface area contributed by atoms with Crippen LogP contribution in [0.1, 0.15) is 25.0 Å². The van der Waals surface area contributed by atoms with Crippen LogP contribution < -0.4 is 0 Å². The lowest BCUT2D eigenvalue weighted by molar-refractivity contribution is -0.158. The van der Waals surface area contributed by atoms with Crippen LogP contribution in [0.2, 0.25) is 0 Å². The van der Waals surface area contributed by atoms with Gasteiger partial charge in [-0.1, -0.05) is 66.7 Å². The molecule has 0 radical (unpaired) electrons. The van der Waals surface area contributed by atoms with Crippen molar-refractivity contribution < 1.29 is 19.1 Å². The van der Waals surface area contributed by atoms with E-state index in [0.717, 1.165) is 16.7 Å². The lowest BCUT2D eigenvalue weighted by Gasteiger charge is -2.14. The first-order chi connectivity index (χ1) is 12.2. The normalized spacial score (nSPS) is 10.2. The molecule has 0 saturated carbocycles. The zero-order valence-corrected chi connectivity index (χ0v) is 14.5. The van der Waals surface area contributed by atoms with Crippen molar-refractivity contribution in [3.8, 4) is 0 Å². The van der Waals surface area contributed by atoms with E-state index in [9.17, 15) is 9.59 Å². The van der Waals surface area contributed by atoms with Crippen molar-refractivity contribution in [3.05, 3.63) is 77.9 Å². The van der Waals surface area contributed by atoms with Gasteiger partial charge in [-0.3, -0.25) is 9.59 Å². The molecule has 0 atom stereocenters. The van der Waals surface area contributed by atoms with Crippen molar-refractivity contribution in [2.75, 3.05) is 13.2 Å². The minimum atomic E-state index is -1.10. The van der Waals surface area contributed by atoms with Gasteiger partial charge in [0.1, 0.15) is 0 Å². The highest BCUT2D eigenvalue weighted by atomic mass is 16.6. The predicted molar refractivity (Wildman–Crippen MR) is 96.7 cm³/mol. The SMILES string of the molecule is CCOC(=O)C(C=C(c1ccccc1)c1ccccc1)C(=O)OCC. The molecule has 4 nitrogen and oxygen atoms in total. The first-order valence-corrected chi connectivity index (χ1v) is 8.33. The third-order valence-corrected chi connectivity index (χ3v) is 3.58. The molecule has 4 heteroatoms. The van der Waals surface area contributed by atoms with Crippen molar-refractivity contribution in [1.82, 2.24) is 0 Å². The molecule has 0 N–H and O–H groups in total. The monoisotopic (exact) mass is 338 g/mol. The second kappa shape index (κ2) is 9.42. The van der Waals surface area contributed by atoms with Crippen molar-refractivity contribution in [2.45, 2.75) is 13.8 Å². The topological polar surface area (TPSA) is 52.6 Å². The van der Waals surface area contributed by atoms with Crippen molar-refractivity contribution in [3.63, 3.8) is 0 Å². The van der Waals surface area contributed by atoms with E-state index in [1.807, 2.05) is 60.7 Å². The van der Waals surface area contributed by atoms with E-state index in [2.05, 4.69) is 0 Å². The molecular weight excluding hydrogens is 316 g/mol. The highest BCUT2D eigenvalue weighted by molar-refractivity contribution is 5.99. The minimum absolute atomic E-state index is 0.203. The Balaban J connectivity index is 2.52. The summed E-state index contributed by atoms with van der Waals surface area (Å²) in [5.74, 6) is -2.31. The lowest BCUT2D eigenvalue weighted by Crippen LogP contribution is -2.26. The van der Waals surface area contributed by atoms with Crippen molar-refractivity contribution in [1.29, 1.82) is 0 Å². The highest BCUT2D eigenvalue weighted by Crippen LogP contribution is 2.26. The van der Waals surface area contributed by atoms with E-state index in [0.29, 0.717) is 0 Å². The van der Waals surface area contributed by atoms with Gasteiger partial charge in [-0.15, -0.1) is 0 Å². The molecule has 2 aromatic rings. The highest BCUT2D eigenvalue weighted by Gasteiger charge is 2.28. The number of esters is 2. The number of hydrogen-bond acceptors (Lipinski definition) is 4. The van der Waals surface area contributed by atoms with Crippen LogP contribution in [0.4, 0.5) is 0 Å². The molecular formula is C21H22O4. The van der Waals surface area contributed by atoms with E-state index in [-0.39, 0.29) is 13.2 Å². The van der Waals surface area contributed by atoms with Gasteiger partial charge in [0.05, 0.1) is 13.2 Å². The molecule has 0 saturated heterocycles.